The van der Waals surface area contributed by atoms with Crippen LogP contribution in [0.4, 0.5) is 14.5 Å². The number of ether oxygens (including phenoxy) is 1. The highest BCUT2D eigenvalue weighted by atomic mass is 19.3. The predicted octanol–water partition coefficient (Wildman–Crippen LogP) is 3.54. The van der Waals surface area contributed by atoms with Crippen LogP contribution in [0.5, 0.6) is 5.75 Å². The molecule has 4 nitrogen and oxygen atoms in total. The average Bonchev–Trinajstić information content (AvgIpc) is 2.59. The van der Waals surface area contributed by atoms with Gasteiger partial charge in [-0.15, -0.1) is 0 Å². The minimum absolute atomic E-state index is 0.0403. The van der Waals surface area contributed by atoms with Gasteiger partial charge in [0.25, 0.3) is 5.92 Å². The molecule has 25 heavy (non-hydrogen) atoms. The van der Waals surface area contributed by atoms with E-state index in [1.807, 2.05) is 24.3 Å². The Labute approximate surface area is 141 Å². The standard InChI is InChI=1S/C19H14F2N2O2/c20-19(21)9-23(10-19)11-5-6-13-16(7-11)25-8-14-17(13)22-15-4-2-1-3-12(15)18(14)24/h1-7H,8-10H2,(H,22,24). The third-order valence-corrected chi connectivity index (χ3v) is 4.82. The lowest BCUT2D eigenvalue weighted by Crippen LogP contribution is -2.56. The number of pyridine rings is 1. The van der Waals surface area contributed by atoms with E-state index in [9.17, 15) is 13.6 Å². The summed E-state index contributed by atoms with van der Waals surface area (Å²) in [6, 6.07) is 12.7. The molecule has 3 aromatic rings. The van der Waals surface area contributed by atoms with Gasteiger partial charge < -0.3 is 14.6 Å². The van der Waals surface area contributed by atoms with Crippen molar-refractivity contribution >= 4 is 16.6 Å². The number of nitrogens with zero attached hydrogens (tertiary/aromatic N) is 1. The number of nitrogens with one attached hydrogen (secondary N) is 1. The molecule has 0 spiro atoms. The largest absolute Gasteiger partial charge is 0.488 e. The minimum atomic E-state index is -2.62. The number of hydrogen-bond donors (Lipinski definition) is 1. The summed E-state index contributed by atoms with van der Waals surface area (Å²) in [6.45, 7) is -0.379. The van der Waals surface area contributed by atoms with Crippen LogP contribution in [0.2, 0.25) is 0 Å². The number of fused-ring (bicyclic) bond motifs is 4. The SMILES string of the molecule is O=c1c2c([nH]c3ccccc13)-c1ccc(N3CC(F)(F)C3)cc1OC2. The van der Waals surface area contributed by atoms with E-state index in [0.29, 0.717) is 22.4 Å². The van der Waals surface area contributed by atoms with E-state index < -0.39 is 5.92 Å². The smallest absolute Gasteiger partial charge is 0.282 e. The van der Waals surface area contributed by atoms with Gasteiger partial charge in [-0.05, 0) is 24.3 Å². The normalized spacial score (nSPS) is 17.4. The number of aromatic amines is 1. The zero-order chi connectivity index (χ0) is 17.2. The fourth-order valence-electron chi connectivity index (χ4n) is 3.52. The van der Waals surface area contributed by atoms with E-state index >= 15 is 0 Å². The molecule has 0 bridgehead atoms. The summed E-state index contributed by atoms with van der Waals surface area (Å²) in [4.78, 5) is 17.6. The van der Waals surface area contributed by atoms with Crippen LogP contribution in [0.25, 0.3) is 22.2 Å². The zero-order valence-corrected chi connectivity index (χ0v) is 13.2. The number of hydrogen-bond acceptors (Lipinski definition) is 3. The van der Waals surface area contributed by atoms with Crippen LogP contribution in [0.3, 0.4) is 0 Å². The van der Waals surface area contributed by atoms with Crippen molar-refractivity contribution < 1.29 is 13.5 Å². The van der Waals surface area contributed by atoms with Gasteiger partial charge in [0, 0.05) is 28.2 Å². The Morgan fingerprint density at radius 3 is 2.72 bits per heavy atom. The number of anilines is 1. The summed E-state index contributed by atoms with van der Waals surface area (Å²) in [5.41, 5.74) is 3.54. The molecule has 2 aliphatic rings. The minimum Gasteiger partial charge on any atom is -0.488 e. The van der Waals surface area contributed by atoms with Crippen molar-refractivity contribution in [3.63, 3.8) is 0 Å². The molecule has 0 radical (unpaired) electrons. The van der Waals surface area contributed by atoms with Gasteiger partial charge in [-0.1, -0.05) is 12.1 Å². The average molecular weight is 340 g/mol. The van der Waals surface area contributed by atoms with E-state index in [-0.39, 0.29) is 25.1 Å². The van der Waals surface area contributed by atoms with Crippen molar-refractivity contribution in [1.29, 1.82) is 0 Å². The highest BCUT2D eigenvalue weighted by Crippen LogP contribution is 2.40. The van der Waals surface area contributed by atoms with Crippen LogP contribution in [-0.2, 0) is 6.61 Å². The van der Waals surface area contributed by atoms with Crippen molar-refractivity contribution in [2.45, 2.75) is 12.5 Å². The summed E-state index contributed by atoms with van der Waals surface area (Å²) in [5.74, 6) is -2.01. The number of H-pyrrole nitrogens is 1. The highest BCUT2D eigenvalue weighted by molar-refractivity contribution is 5.85. The van der Waals surface area contributed by atoms with Gasteiger partial charge >= 0.3 is 0 Å². The maximum atomic E-state index is 13.1. The van der Waals surface area contributed by atoms with Gasteiger partial charge in [0.2, 0.25) is 0 Å². The van der Waals surface area contributed by atoms with E-state index in [1.54, 1.807) is 23.1 Å². The van der Waals surface area contributed by atoms with E-state index in [4.69, 9.17) is 4.74 Å². The van der Waals surface area contributed by atoms with Crippen molar-refractivity contribution in [3.05, 3.63) is 58.3 Å². The highest BCUT2D eigenvalue weighted by Gasteiger charge is 2.44. The van der Waals surface area contributed by atoms with Crippen molar-refractivity contribution in [1.82, 2.24) is 4.98 Å². The van der Waals surface area contributed by atoms with Gasteiger partial charge in [-0.2, -0.15) is 0 Å². The van der Waals surface area contributed by atoms with Crippen LogP contribution in [0.15, 0.2) is 47.3 Å². The third-order valence-electron chi connectivity index (χ3n) is 4.82. The Morgan fingerprint density at radius 2 is 1.92 bits per heavy atom. The number of halogens is 2. The molecule has 0 atom stereocenters. The first-order chi connectivity index (χ1) is 12.0. The molecule has 2 aliphatic heterocycles. The number of alkyl halides is 2. The molecule has 1 fully saturated rings. The van der Waals surface area contributed by atoms with Gasteiger partial charge in [-0.3, -0.25) is 4.79 Å². The van der Waals surface area contributed by atoms with Gasteiger partial charge in [0.1, 0.15) is 12.4 Å². The van der Waals surface area contributed by atoms with Crippen molar-refractivity contribution in [3.8, 4) is 17.0 Å². The Bertz CT molecular complexity index is 1070. The second-order valence-corrected chi connectivity index (χ2v) is 6.53. The Morgan fingerprint density at radius 1 is 1.12 bits per heavy atom. The van der Waals surface area contributed by atoms with Crippen LogP contribution in [0.1, 0.15) is 5.56 Å². The second-order valence-electron chi connectivity index (χ2n) is 6.53. The maximum absolute atomic E-state index is 13.1. The molecule has 6 heteroatoms. The Balaban J connectivity index is 1.62. The summed E-state index contributed by atoms with van der Waals surface area (Å²) >= 11 is 0. The van der Waals surface area contributed by atoms with Gasteiger partial charge in [0.15, 0.2) is 5.43 Å². The lowest BCUT2D eigenvalue weighted by Gasteiger charge is -2.40. The summed E-state index contributed by atoms with van der Waals surface area (Å²) in [7, 11) is 0. The molecule has 2 aromatic carbocycles. The number of rotatable bonds is 1. The molecule has 1 aromatic heterocycles. The molecule has 0 unspecified atom stereocenters. The molecule has 0 saturated carbocycles. The number of benzene rings is 2. The Hall–Kier alpha value is -2.89. The number of aromatic nitrogens is 1. The van der Waals surface area contributed by atoms with Crippen LogP contribution in [-0.4, -0.2) is 24.0 Å². The first-order valence-corrected chi connectivity index (χ1v) is 8.06. The zero-order valence-electron chi connectivity index (χ0n) is 13.2. The van der Waals surface area contributed by atoms with Crippen LogP contribution >= 0.6 is 0 Å². The van der Waals surface area contributed by atoms with Gasteiger partial charge in [-0.25, -0.2) is 8.78 Å². The summed E-state index contributed by atoms with van der Waals surface area (Å²) in [6.07, 6.45) is 0. The lowest BCUT2D eigenvalue weighted by atomic mass is 9.99. The topological polar surface area (TPSA) is 45.3 Å². The molecule has 3 heterocycles. The van der Waals surface area contributed by atoms with Gasteiger partial charge in [0.05, 0.1) is 24.3 Å². The Kier molecular flexibility index (Phi) is 2.78. The molecule has 126 valence electrons. The molecular formula is C19H14F2N2O2. The number of para-hydroxylation sites is 1. The molecule has 0 aliphatic carbocycles. The predicted molar refractivity (Wildman–Crippen MR) is 91.5 cm³/mol. The first kappa shape index (κ1) is 14.5. The van der Waals surface area contributed by atoms with E-state index in [1.165, 1.54) is 0 Å². The fourth-order valence-corrected chi connectivity index (χ4v) is 3.52. The summed E-state index contributed by atoms with van der Waals surface area (Å²) in [5, 5.41) is 0.632. The maximum Gasteiger partial charge on any atom is 0.282 e. The first-order valence-electron chi connectivity index (χ1n) is 8.06. The quantitative estimate of drug-likeness (QED) is 0.737. The van der Waals surface area contributed by atoms with Crippen LogP contribution < -0.4 is 15.1 Å². The lowest BCUT2D eigenvalue weighted by molar-refractivity contribution is -0.0262. The molecule has 0 amide bonds. The second kappa shape index (κ2) is 4.81. The molecule has 1 N–H and O–H groups in total. The molecule has 5 rings (SSSR count). The fraction of sp³-hybridized carbons (Fsp3) is 0.211. The van der Waals surface area contributed by atoms with Crippen molar-refractivity contribution in [2.75, 3.05) is 18.0 Å². The monoisotopic (exact) mass is 340 g/mol. The van der Waals surface area contributed by atoms with Crippen LogP contribution in [0, 0.1) is 0 Å². The molecule has 1 saturated heterocycles. The van der Waals surface area contributed by atoms with Crippen molar-refractivity contribution in [2.24, 2.45) is 0 Å². The third kappa shape index (κ3) is 2.13. The van der Waals surface area contributed by atoms with E-state index in [2.05, 4.69) is 4.98 Å². The summed E-state index contributed by atoms with van der Waals surface area (Å²) < 4.78 is 31.9. The van der Waals surface area contributed by atoms with E-state index in [0.717, 1.165) is 16.8 Å². The molecular weight excluding hydrogens is 326 g/mol.